The van der Waals surface area contributed by atoms with E-state index < -0.39 is 71.4 Å². The van der Waals surface area contributed by atoms with Crippen LogP contribution in [0.2, 0.25) is 0 Å². The molecule has 0 saturated carbocycles. The Hall–Kier alpha value is -8.84. The summed E-state index contributed by atoms with van der Waals surface area (Å²) < 4.78 is 56.8. The van der Waals surface area contributed by atoms with Crippen molar-refractivity contribution in [2.45, 2.75) is 46.0 Å². The van der Waals surface area contributed by atoms with Crippen LogP contribution in [0.15, 0.2) is 0 Å². The molecule has 0 aliphatic carbocycles. The van der Waals surface area contributed by atoms with E-state index in [1.54, 1.807) is 13.8 Å². The maximum atomic E-state index is 11.7. The second-order valence-corrected chi connectivity index (χ2v) is 11.4. The lowest BCUT2D eigenvalue weighted by Gasteiger charge is -2.02. The summed E-state index contributed by atoms with van der Waals surface area (Å²) >= 11 is 0. The van der Waals surface area contributed by atoms with Crippen LogP contribution in [0.25, 0.3) is 0 Å². The highest BCUT2D eigenvalue weighted by Crippen LogP contribution is 1.93. The first-order valence-electron chi connectivity index (χ1n) is 19.7. The van der Waals surface area contributed by atoms with Crippen molar-refractivity contribution in [1.29, 1.82) is 0 Å². The minimum Gasteiger partial charge on any atom is -0.456 e. The van der Waals surface area contributed by atoms with Crippen LogP contribution in [0.4, 0.5) is 0 Å². The van der Waals surface area contributed by atoms with Crippen LogP contribution in [-0.4, -0.2) is 157 Å². The Morgan fingerprint density at radius 2 is 0.426 bits per heavy atom. The zero-order chi connectivity index (χ0) is 50.6. The predicted octanol–water partition coefficient (Wildman–Crippen LogP) is -2.44. The van der Waals surface area contributed by atoms with Crippen LogP contribution >= 0.6 is 0 Å². The number of carbonyl (C=O) groups excluding carboxylic acids is 12. The number of carbonyl (C=O) groups is 12. The molecule has 0 aromatic heterocycles. The summed E-state index contributed by atoms with van der Waals surface area (Å²) in [5, 5.41) is 0. The standard InChI is InChI=1S/C44H42O24/c1-3-58-34(46)11-10-33(45)32-57-22-5-23-60-37(49)14-15-38(50)62-26-7-27-64-41(53)18-19-42(54)66-30-9-31-68-44(56)21-20-43(55)67-29-8-28-65-40(52)17-16-39(51)63-25-6-24-61-36(48)13-12-35(47)59-4-2/h3-9,22-32H2,1-2H3. The first-order chi connectivity index (χ1) is 32.6. The Morgan fingerprint density at radius 3 is 0.632 bits per heavy atom. The molecule has 362 valence electrons. The van der Waals surface area contributed by atoms with Gasteiger partial charge in [-0.15, -0.1) is 0 Å². The highest BCUT2D eigenvalue weighted by Gasteiger charge is 2.07. The van der Waals surface area contributed by atoms with Gasteiger partial charge in [-0.1, -0.05) is 0 Å². The third-order valence-electron chi connectivity index (χ3n) is 6.11. The number of rotatable bonds is 24. The fourth-order valence-electron chi connectivity index (χ4n) is 3.37. The van der Waals surface area contributed by atoms with Crippen LogP contribution in [0.5, 0.6) is 0 Å². The van der Waals surface area contributed by atoms with Gasteiger partial charge in [0.2, 0.25) is 5.78 Å². The van der Waals surface area contributed by atoms with Gasteiger partial charge in [0, 0.05) is 97.2 Å². The van der Waals surface area contributed by atoms with Crippen molar-refractivity contribution in [2.24, 2.45) is 0 Å². The number of Topliss-reactive ketones (excluding diaryl/α,β-unsaturated/α-hetero) is 1. The zero-order valence-electron chi connectivity index (χ0n) is 36.5. The van der Waals surface area contributed by atoms with Crippen molar-refractivity contribution >= 4 is 71.4 Å². The molecule has 0 spiro atoms. The number of hydrogen-bond donors (Lipinski definition) is 0. The molecule has 0 fully saturated rings. The largest absolute Gasteiger partial charge is 0.456 e. The molecular weight excluding hydrogens is 912 g/mol. The summed E-state index contributed by atoms with van der Waals surface area (Å²) in [6.07, 6.45) is 0.305. The van der Waals surface area contributed by atoms with Gasteiger partial charge in [-0.25, -0.2) is 52.7 Å². The second kappa shape index (κ2) is 39.7. The normalized spacial score (nSPS) is 8.97. The number of ether oxygens (including phenoxy) is 12. The van der Waals surface area contributed by atoms with Crippen molar-refractivity contribution in [3.8, 4) is 71.0 Å². The number of ketones is 1. The molecule has 0 rings (SSSR count). The van der Waals surface area contributed by atoms with E-state index in [-0.39, 0.29) is 118 Å². The van der Waals surface area contributed by atoms with E-state index in [2.05, 4.69) is 15.4 Å². The van der Waals surface area contributed by atoms with E-state index in [1.807, 2.05) is 65.1 Å². The quantitative estimate of drug-likeness (QED) is 0.0242. The Balaban J connectivity index is 4.01. The summed E-state index contributed by atoms with van der Waals surface area (Å²) in [7, 11) is 0. The highest BCUT2D eigenvalue weighted by atomic mass is 16.6. The Kier molecular flexibility index (Phi) is 34.6. The third kappa shape index (κ3) is 38.8. The summed E-state index contributed by atoms with van der Waals surface area (Å²) in [5.41, 5.74) is 0. The van der Waals surface area contributed by atoms with Crippen LogP contribution in [0.1, 0.15) is 46.0 Å². The predicted molar refractivity (Wildman–Crippen MR) is 217 cm³/mol. The highest BCUT2D eigenvalue weighted by molar-refractivity contribution is 6.03. The van der Waals surface area contributed by atoms with Gasteiger partial charge in [0.05, 0.1) is 79.3 Å². The molecule has 0 N–H and O–H groups in total. The van der Waals surface area contributed by atoms with Crippen molar-refractivity contribution in [3.63, 3.8) is 0 Å². The maximum Gasteiger partial charge on any atom is 0.384 e. The second-order valence-electron chi connectivity index (χ2n) is 11.4. The van der Waals surface area contributed by atoms with Crippen molar-refractivity contribution in [1.82, 2.24) is 0 Å². The fourth-order valence-corrected chi connectivity index (χ4v) is 3.37. The molecule has 68 heavy (non-hydrogen) atoms. The molecule has 0 aromatic carbocycles. The summed E-state index contributed by atoms with van der Waals surface area (Å²) in [4.78, 5) is 138. The molecule has 0 amide bonds. The Labute approximate surface area is 388 Å². The Bertz CT molecular complexity index is 2200. The van der Waals surface area contributed by atoms with Crippen LogP contribution < -0.4 is 0 Å². The SMILES string of the molecule is CCOC(=O)C#CC(=O)COCCCOC(=O)C#CC(=O)OCCCOC(=O)C#CC(=O)OCCCOC(=O)C#CC(=O)OCCCOC(=O)C#CC(=O)OCCCOC(=O)C#CC(=O)OCC. The molecule has 0 bridgehead atoms. The smallest absolute Gasteiger partial charge is 0.384 e. The molecule has 0 aliphatic heterocycles. The van der Waals surface area contributed by atoms with Gasteiger partial charge in [0.1, 0.15) is 6.61 Å². The minimum absolute atomic E-state index is 0.0000520. The van der Waals surface area contributed by atoms with Crippen LogP contribution in [-0.2, 0) is 114 Å². The van der Waals surface area contributed by atoms with Gasteiger partial charge in [-0.05, 0) is 19.8 Å². The lowest BCUT2D eigenvalue weighted by atomic mass is 10.4. The molecule has 24 heteroatoms. The zero-order valence-corrected chi connectivity index (χ0v) is 36.5. The molecule has 0 atom stereocenters. The molecule has 0 heterocycles. The molecule has 0 saturated heterocycles. The van der Waals surface area contributed by atoms with Gasteiger partial charge in [0.15, 0.2) is 0 Å². The molecule has 0 unspecified atom stereocenters. The van der Waals surface area contributed by atoms with Gasteiger partial charge < -0.3 is 56.8 Å². The maximum absolute atomic E-state index is 11.7. The van der Waals surface area contributed by atoms with E-state index in [9.17, 15) is 57.5 Å². The Morgan fingerprint density at radius 1 is 0.250 bits per heavy atom. The first-order valence-corrected chi connectivity index (χ1v) is 19.7. The van der Waals surface area contributed by atoms with E-state index in [1.165, 1.54) is 0 Å². The summed E-state index contributed by atoms with van der Waals surface area (Å²) in [6.45, 7) is 0.932. The lowest BCUT2D eigenvalue weighted by Crippen LogP contribution is -2.11. The molecule has 24 nitrogen and oxygen atoms in total. The molecule has 0 aliphatic rings. The first kappa shape index (κ1) is 59.2. The number of esters is 11. The van der Waals surface area contributed by atoms with E-state index in [4.69, 9.17) is 47.4 Å². The number of hydrogen-bond acceptors (Lipinski definition) is 24. The van der Waals surface area contributed by atoms with Crippen molar-refractivity contribution in [3.05, 3.63) is 0 Å². The van der Waals surface area contributed by atoms with Crippen LogP contribution in [0.3, 0.4) is 0 Å². The van der Waals surface area contributed by atoms with Crippen LogP contribution in [0, 0.1) is 71.0 Å². The van der Waals surface area contributed by atoms with E-state index in [0.29, 0.717) is 0 Å². The van der Waals surface area contributed by atoms with E-state index in [0.717, 1.165) is 0 Å². The average molecular weight is 955 g/mol. The monoisotopic (exact) mass is 954 g/mol. The van der Waals surface area contributed by atoms with Gasteiger partial charge in [0.25, 0.3) is 0 Å². The van der Waals surface area contributed by atoms with Crippen molar-refractivity contribution in [2.75, 3.05) is 85.9 Å². The van der Waals surface area contributed by atoms with Gasteiger partial charge >= 0.3 is 65.7 Å². The van der Waals surface area contributed by atoms with Gasteiger partial charge in [-0.3, -0.25) is 4.79 Å². The third-order valence-corrected chi connectivity index (χ3v) is 6.11. The fraction of sp³-hybridized carbons (Fsp3) is 0.455. The van der Waals surface area contributed by atoms with Gasteiger partial charge in [-0.2, -0.15) is 0 Å². The minimum atomic E-state index is -1.10. The molecule has 0 radical (unpaired) electrons. The summed E-state index contributed by atoms with van der Waals surface area (Å²) in [5.74, 6) is 11.0. The lowest BCUT2D eigenvalue weighted by molar-refractivity contribution is -0.142. The van der Waals surface area contributed by atoms with Crippen molar-refractivity contribution < 1.29 is 114 Å². The summed E-state index contributed by atoms with van der Waals surface area (Å²) in [6, 6.07) is 0. The average Bonchev–Trinajstić information content (AvgIpc) is 3.30. The molecule has 0 aromatic rings. The van der Waals surface area contributed by atoms with E-state index >= 15 is 0 Å². The molecular formula is C44H42O24. The topological polar surface area (TPSA) is 316 Å².